The van der Waals surface area contributed by atoms with Crippen LogP contribution in [0.1, 0.15) is 41.8 Å². The third kappa shape index (κ3) is 3.51. The average Bonchev–Trinajstić information content (AvgIpc) is 2.88. The molecule has 1 N–H and O–H groups in total. The van der Waals surface area contributed by atoms with Gasteiger partial charge in [0.2, 0.25) is 5.91 Å². The van der Waals surface area contributed by atoms with E-state index in [0.717, 1.165) is 41.6 Å². The largest absolute Gasteiger partial charge is 0.389 e. The topological polar surface area (TPSA) is 62.7 Å². The zero-order chi connectivity index (χ0) is 17.3. The second kappa shape index (κ2) is 7.10. The van der Waals surface area contributed by atoms with Crippen LogP contribution < -0.4 is 0 Å². The predicted molar refractivity (Wildman–Crippen MR) is 94.1 cm³/mol. The van der Waals surface area contributed by atoms with Crippen LogP contribution in [-0.2, 0) is 16.0 Å². The standard InChI is InChI=1S/C18H28N2O3S/c1-12-11-20(17(21)10-16-13(2)19-14(3)24-16)7-6-18(12,22)15-4-8-23-9-5-15/h12,15,22H,4-11H2,1-3H3/t12?,18-/m0/s1. The fourth-order valence-corrected chi connectivity index (χ4v) is 5.09. The molecular formula is C18H28N2O3S. The lowest BCUT2D eigenvalue weighted by molar-refractivity contribution is -0.150. The van der Waals surface area contributed by atoms with Gasteiger partial charge in [-0.25, -0.2) is 4.98 Å². The highest BCUT2D eigenvalue weighted by atomic mass is 32.1. The fourth-order valence-electron chi connectivity index (χ4n) is 4.16. The number of aryl methyl sites for hydroxylation is 2. The van der Waals surface area contributed by atoms with Gasteiger partial charge in [-0.1, -0.05) is 6.92 Å². The van der Waals surface area contributed by atoms with Gasteiger partial charge in [0.25, 0.3) is 0 Å². The second-order valence-electron chi connectivity index (χ2n) is 7.29. The Morgan fingerprint density at radius 2 is 2.12 bits per heavy atom. The SMILES string of the molecule is Cc1nc(C)c(CC(=O)N2CC[C@@](O)(C3CCOCC3)C(C)C2)s1. The molecule has 134 valence electrons. The van der Waals surface area contributed by atoms with E-state index in [4.69, 9.17) is 4.74 Å². The summed E-state index contributed by atoms with van der Waals surface area (Å²) in [4.78, 5) is 20.1. The van der Waals surface area contributed by atoms with Crippen molar-refractivity contribution >= 4 is 17.2 Å². The number of likely N-dealkylation sites (tertiary alicyclic amines) is 1. The number of thiazole rings is 1. The van der Waals surface area contributed by atoms with Crippen LogP contribution in [0.25, 0.3) is 0 Å². The molecule has 2 saturated heterocycles. The number of hydrogen-bond acceptors (Lipinski definition) is 5. The molecule has 1 amide bonds. The van der Waals surface area contributed by atoms with Crippen molar-refractivity contribution in [2.45, 2.75) is 52.1 Å². The summed E-state index contributed by atoms with van der Waals surface area (Å²) in [7, 11) is 0. The normalized spacial score (nSPS) is 29.0. The van der Waals surface area contributed by atoms with Crippen molar-refractivity contribution < 1.29 is 14.6 Å². The molecule has 6 heteroatoms. The number of carbonyl (C=O) groups is 1. The molecule has 0 aromatic carbocycles. The Morgan fingerprint density at radius 3 is 2.71 bits per heavy atom. The molecule has 0 aliphatic carbocycles. The van der Waals surface area contributed by atoms with Gasteiger partial charge < -0.3 is 14.7 Å². The number of rotatable bonds is 3. The third-order valence-electron chi connectivity index (χ3n) is 5.72. The van der Waals surface area contributed by atoms with E-state index in [9.17, 15) is 9.90 Å². The zero-order valence-electron chi connectivity index (χ0n) is 14.9. The van der Waals surface area contributed by atoms with Gasteiger partial charge in [-0.05, 0) is 39.0 Å². The highest BCUT2D eigenvalue weighted by molar-refractivity contribution is 7.11. The van der Waals surface area contributed by atoms with Gasteiger partial charge in [0, 0.05) is 37.1 Å². The Labute approximate surface area is 148 Å². The first kappa shape index (κ1) is 17.8. The predicted octanol–water partition coefficient (Wildman–Crippen LogP) is 2.33. The third-order valence-corrected chi connectivity index (χ3v) is 6.79. The maximum absolute atomic E-state index is 12.7. The van der Waals surface area contributed by atoms with Crippen molar-refractivity contribution in [2.24, 2.45) is 11.8 Å². The highest BCUT2D eigenvalue weighted by Crippen LogP contribution is 2.39. The molecule has 24 heavy (non-hydrogen) atoms. The smallest absolute Gasteiger partial charge is 0.227 e. The summed E-state index contributed by atoms with van der Waals surface area (Å²) in [6.07, 6.45) is 2.95. The molecule has 2 aliphatic heterocycles. The number of amides is 1. The summed E-state index contributed by atoms with van der Waals surface area (Å²) < 4.78 is 5.43. The first-order valence-electron chi connectivity index (χ1n) is 8.91. The minimum atomic E-state index is -0.655. The van der Waals surface area contributed by atoms with Gasteiger partial charge in [-0.3, -0.25) is 4.79 Å². The van der Waals surface area contributed by atoms with Crippen LogP contribution in [0.3, 0.4) is 0 Å². The first-order valence-corrected chi connectivity index (χ1v) is 9.72. The molecule has 2 atom stereocenters. The summed E-state index contributed by atoms with van der Waals surface area (Å²) in [5, 5.41) is 12.2. The maximum Gasteiger partial charge on any atom is 0.227 e. The minimum Gasteiger partial charge on any atom is -0.389 e. The van der Waals surface area contributed by atoms with E-state index in [2.05, 4.69) is 11.9 Å². The highest BCUT2D eigenvalue weighted by Gasteiger charge is 2.45. The minimum absolute atomic E-state index is 0.0996. The maximum atomic E-state index is 12.7. The van der Waals surface area contributed by atoms with Gasteiger partial charge in [0.1, 0.15) is 0 Å². The van der Waals surface area contributed by atoms with Crippen LogP contribution in [-0.4, -0.2) is 52.8 Å². The molecule has 0 bridgehead atoms. The van der Waals surface area contributed by atoms with Crippen molar-refractivity contribution in [3.63, 3.8) is 0 Å². The monoisotopic (exact) mass is 352 g/mol. The number of nitrogens with zero attached hydrogens (tertiary/aromatic N) is 2. The Balaban J connectivity index is 1.62. The summed E-state index contributed by atoms with van der Waals surface area (Å²) in [5.74, 6) is 0.551. The van der Waals surface area contributed by atoms with Gasteiger partial charge in [-0.2, -0.15) is 0 Å². The molecular weight excluding hydrogens is 324 g/mol. The van der Waals surface area contributed by atoms with Crippen LogP contribution in [0, 0.1) is 25.7 Å². The number of carbonyl (C=O) groups excluding carboxylic acids is 1. The summed E-state index contributed by atoms with van der Waals surface area (Å²) in [5.41, 5.74) is 0.312. The molecule has 3 heterocycles. The van der Waals surface area contributed by atoms with Gasteiger partial charge in [0.15, 0.2) is 0 Å². The van der Waals surface area contributed by atoms with Crippen molar-refractivity contribution in [3.8, 4) is 0 Å². The van der Waals surface area contributed by atoms with E-state index in [1.807, 2.05) is 18.7 Å². The van der Waals surface area contributed by atoms with Crippen LogP contribution in [0.5, 0.6) is 0 Å². The van der Waals surface area contributed by atoms with E-state index >= 15 is 0 Å². The molecule has 3 rings (SSSR count). The lowest BCUT2D eigenvalue weighted by Gasteiger charge is -2.48. The molecule has 5 nitrogen and oxygen atoms in total. The number of piperidine rings is 1. The lowest BCUT2D eigenvalue weighted by atomic mass is 9.70. The number of aromatic nitrogens is 1. The molecule has 1 unspecified atom stereocenters. The number of hydrogen-bond donors (Lipinski definition) is 1. The van der Waals surface area contributed by atoms with Crippen molar-refractivity contribution in [1.29, 1.82) is 0 Å². The first-order chi connectivity index (χ1) is 11.4. The van der Waals surface area contributed by atoms with Crippen LogP contribution in [0.4, 0.5) is 0 Å². The molecule has 0 saturated carbocycles. The van der Waals surface area contributed by atoms with E-state index in [1.165, 1.54) is 0 Å². The van der Waals surface area contributed by atoms with Crippen molar-refractivity contribution in [2.75, 3.05) is 26.3 Å². The summed E-state index contributed by atoms with van der Waals surface area (Å²) in [6, 6.07) is 0. The molecule has 0 radical (unpaired) electrons. The molecule has 1 aromatic rings. The second-order valence-corrected chi connectivity index (χ2v) is 8.57. The zero-order valence-corrected chi connectivity index (χ0v) is 15.7. The average molecular weight is 353 g/mol. The Morgan fingerprint density at radius 1 is 1.42 bits per heavy atom. The van der Waals surface area contributed by atoms with Crippen molar-refractivity contribution in [1.82, 2.24) is 9.88 Å². The quantitative estimate of drug-likeness (QED) is 0.907. The summed E-state index contributed by atoms with van der Waals surface area (Å²) in [6.45, 7) is 8.80. The number of ether oxygens (including phenoxy) is 1. The molecule has 2 fully saturated rings. The fraction of sp³-hybridized carbons (Fsp3) is 0.778. The molecule has 0 spiro atoms. The van der Waals surface area contributed by atoms with Gasteiger partial charge >= 0.3 is 0 Å². The van der Waals surface area contributed by atoms with Crippen LogP contribution in [0.2, 0.25) is 0 Å². The Hall–Kier alpha value is -0.980. The van der Waals surface area contributed by atoms with E-state index in [-0.39, 0.29) is 11.8 Å². The van der Waals surface area contributed by atoms with Gasteiger partial charge in [-0.15, -0.1) is 11.3 Å². The van der Waals surface area contributed by atoms with Crippen LogP contribution >= 0.6 is 11.3 Å². The van der Waals surface area contributed by atoms with Crippen LogP contribution in [0.15, 0.2) is 0 Å². The number of aliphatic hydroxyl groups is 1. The Bertz CT molecular complexity index is 597. The lowest BCUT2D eigenvalue weighted by Crippen LogP contribution is -2.57. The van der Waals surface area contributed by atoms with Gasteiger partial charge in [0.05, 0.1) is 22.7 Å². The molecule has 2 aliphatic rings. The summed E-state index contributed by atoms with van der Waals surface area (Å²) >= 11 is 1.61. The Kier molecular flexibility index (Phi) is 5.27. The molecule has 1 aromatic heterocycles. The van der Waals surface area contributed by atoms with E-state index < -0.39 is 5.60 Å². The van der Waals surface area contributed by atoms with Crippen molar-refractivity contribution in [3.05, 3.63) is 15.6 Å². The van der Waals surface area contributed by atoms with E-state index in [0.29, 0.717) is 31.8 Å². The van der Waals surface area contributed by atoms with E-state index in [1.54, 1.807) is 11.3 Å².